The first-order valence-corrected chi connectivity index (χ1v) is 13.6. The summed E-state index contributed by atoms with van der Waals surface area (Å²) in [6, 6.07) is 20.3. The Morgan fingerprint density at radius 1 is 0.971 bits per heavy atom. The van der Waals surface area contributed by atoms with Crippen LogP contribution in [0.3, 0.4) is 0 Å². The number of quaternary nitrogens is 1. The van der Waals surface area contributed by atoms with Crippen LogP contribution in [0.15, 0.2) is 60.7 Å². The molecule has 0 radical (unpaired) electrons. The van der Waals surface area contributed by atoms with Gasteiger partial charge in [-0.15, -0.1) is 0 Å². The molecule has 6 rings (SSSR count). The van der Waals surface area contributed by atoms with Crippen molar-refractivity contribution in [2.45, 2.75) is 57.1 Å². The summed E-state index contributed by atoms with van der Waals surface area (Å²) in [6.45, 7) is 9.17. The van der Waals surface area contributed by atoms with E-state index in [0.29, 0.717) is 5.92 Å². The fourth-order valence-corrected chi connectivity index (χ4v) is 6.56. The normalized spacial score (nSPS) is 28.3. The van der Waals surface area contributed by atoms with Gasteiger partial charge in [-0.05, 0) is 50.6 Å². The van der Waals surface area contributed by atoms with Gasteiger partial charge >= 0.3 is 5.97 Å². The Hall–Kier alpha value is -2.37. The first-order chi connectivity index (χ1) is 17.1. The number of fused-ring (bicyclic) bond motifs is 3. The Kier molecular flexibility index (Phi) is 7.45. The van der Waals surface area contributed by atoms with Gasteiger partial charge in [0, 0.05) is 25.2 Å². The molecule has 0 aromatic heterocycles. The van der Waals surface area contributed by atoms with Crippen molar-refractivity contribution in [1.82, 2.24) is 4.90 Å². The zero-order chi connectivity index (χ0) is 24.1. The molecule has 0 amide bonds. The summed E-state index contributed by atoms with van der Waals surface area (Å²) in [5.74, 6) is 1.38. The number of carbonyl (C=O) groups excluding carboxylic acids is 1. The van der Waals surface area contributed by atoms with Gasteiger partial charge in [-0.3, -0.25) is 4.90 Å². The quantitative estimate of drug-likeness (QED) is 0.289. The van der Waals surface area contributed by atoms with Crippen LogP contribution in [0.25, 0.3) is 0 Å². The Balaban J connectivity index is 1.24. The lowest BCUT2D eigenvalue weighted by Gasteiger charge is -2.52. The first kappa shape index (κ1) is 24.3. The first-order valence-electron chi connectivity index (χ1n) is 13.6. The van der Waals surface area contributed by atoms with E-state index in [0.717, 1.165) is 80.7 Å². The van der Waals surface area contributed by atoms with Crippen molar-refractivity contribution in [1.29, 1.82) is 0 Å². The molecular formula is C30H41N2O3+. The molecule has 1 unspecified atom stereocenters. The minimum absolute atomic E-state index is 0.0212. The molecule has 4 saturated heterocycles. The van der Waals surface area contributed by atoms with Gasteiger partial charge in [-0.2, -0.15) is 0 Å². The molecule has 35 heavy (non-hydrogen) atoms. The van der Waals surface area contributed by atoms with E-state index in [1.165, 1.54) is 19.5 Å². The number of esters is 1. The van der Waals surface area contributed by atoms with Gasteiger partial charge in [-0.1, -0.05) is 55.0 Å². The SMILES string of the molecule is CC(C(=O)O[C@@H]1C[N+]2(CCCOc3ccccc3)CCC1CC2)(c1ccccc1)N1CCCCC1. The Morgan fingerprint density at radius 2 is 1.63 bits per heavy atom. The number of likely N-dealkylation sites (tertiary alicyclic amines) is 1. The summed E-state index contributed by atoms with van der Waals surface area (Å²) in [7, 11) is 0. The minimum Gasteiger partial charge on any atom is -0.493 e. The molecule has 0 saturated carbocycles. The zero-order valence-electron chi connectivity index (χ0n) is 21.2. The summed E-state index contributed by atoms with van der Waals surface area (Å²) < 4.78 is 13.5. The van der Waals surface area contributed by atoms with Gasteiger partial charge in [0.15, 0.2) is 6.10 Å². The van der Waals surface area contributed by atoms with Gasteiger partial charge in [0.25, 0.3) is 0 Å². The molecule has 188 valence electrons. The summed E-state index contributed by atoms with van der Waals surface area (Å²) in [5.41, 5.74) is 0.331. The third-order valence-electron chi connectivity index (χ3n) is 8.81. The Labute approximate surface area is 210 Å². The average molecular weight is 478 g/mol. The number of hydrogen-bond donors (Lipinski definition) is 0. The van der Waals surface area contributed by atoms with Crippen LogP contribution in [-0.4, -0.2) is 67.3 Å². The third kappa shape index (κ3) is 5.26. The fraction of sp³-hybridized carbons (Fsp3) is 0.567. The lowest BCUT2D eigenvalue weighted by molar-refractivity contribution is -0.946. The highest BCUT2D eigenvalue weighted by molar-refractivity contribution is 5.82. The number of rotatable bonds is 9. The monoisotopic (exact) mass is 477 g/mol. The van der Waals surface area contributed by atoms with Gasteiger partial charge in [0.2, 0.25) is 0 Å². The van der Waals surface area contributed by atoms with Crippen molar-refractivity contribution in [2.75, 3.05) is 45.9 Å². The lowest BCUT2D eigenvalue weighted by Crippen LogP contribution is -2.65. The van der Waals surface area contributed by atoms with Crippen LogP contribution in [0.1, 0.15) is 51.0 Å². The van der Waals surface area contributed by atoms with Crippen LogP contribution in [-0.2, 0) is 15.1 Å². The van der Waals surface area contributed by atoms with E-state index in [1.807, 2.05) is 48.5 Å². The van der Waals surface area contributed by atoms with Gasteiger partial charge in [0.05, 0.1) is 26.2 Å². The molecule has 0 N–H and O–H groups in total. The van der Waals surface area contributed by atoms with Crippen molar-refractivity contribution >= 4 is 5.97 Å². The highest BCUT2D eigenvalue weighted by Crippen LogP contribution is 2.38. The van der Waals surface area contributed by atoms with Crippen LogP contribution in [0.2, 0.25) is 0 Å². The zero-order valence-corrected chi connectivity index (χ0v) is 21.2. The smallest absolute Gasteiger partial charge is 0.331 e. The maximum absolute atomic E-state index is 13.9. The van der Waals surface area contributed by atoms with Crippen molar-refractivity contribution in [3.63, 3.8) is 0 Å². The number of piperidine rings is 4. The van der Waals surface area contributed by atoms with E-state index >= 15 is 0 Å². The second-order valence-corrected chi connectivity index (χ2v) is 11.0. The topological polar surface area (TPSA) is 38.8 Å². The number of carbonyl (C=O) groups is 1. The molecule has 5 heteroatoms. The molecular weight excluding hydrogens is 436 g/mol. The van der Waals surface area contributed by atoms with Crippen LogP contribution < -0.4 is 4.74 Å². The van der Waals surface area contributed by atoms with Gasteiger partial charge < -0.3 is 14.0 Å². The molecule has 4 heterocycles. The van der Waals surface area contributed by atoms with Crippen molar-refractivity contribution in [3.8, 4) is 5.75 Å². The fourth-order valence-electron chi connectivity index (χ4n) is 6.56. The second-order valence-electron chi connectivity index (χ2n) is 11.0. The molecule has 2 aromatic rings. The predicted molar refractivity (Wildman–Crippen MR) is 138 cm³/mol. The van der Waals surface area contributed by atoms with E-state index in [4.69, 9.17) is 9.47 Å². The molecule has 4 aliphatic rings. The molecule has 5 nitrogen and oxygen atoms in total. The average Bonchev–Trinajstić information content (AvgIpc) is 2.93. The highest BCUT2D eigenvalue weighted by atomic mass is 16.5. The maximum atomic E-state index is 13.9. The number of para-hydroxylation sites is 1. The van der Waals surface area contributed by atoms with Gasteiger partial charge in [0.1, 0.15) is 17.8 Å². The molecule has 2 bridgehead atoms. The van der Waals surface area contributed by atoms with Crippen LogP contribution in [0.4, 0.5) is 0 Å². The predicted octanol–water partition coefficient (Wildman–Crippen LogP) is 5.01. The van der Waals surface area contributed by atoms with Crippen molar-refractivity contribution < 1.29 is 18.8 Å². The maximum Gasteiger partial charge on any atom is 0.331 e. The third-order valence-corrected chi connectivity index (χ3v) is 8.81. The minimum atomic E-state index is -0.720. The van der Waals surface area contributed by atoms with Crippen LogP contribution in [0, 0.1) is 5.92 Å². The number of ether oxygens (including phenoxy) is 2. The van der Waals surface area contributed by atoms with E-state index in [9.17, 15) is 4.79 Å². The number of benzene rings is 2. The Bertz CT molecular complexity index is 952. The van der Waals surface area contributed by atoms with E-state index in [1.54, 1.807) is 0 Å². The van der Waals surface area contributed by atoms with Gasteiger partial charge in [-0.25, -0.2) is 4.79 Å². The molecule has 2 aromatic carbocycles. The van der Waals surface area contributed by atoms with E-state index in [2.05, 4.69) is 24.0 Å². The second kappa shape index (κ2) is 10.7. The standard InChI is InChI=1S/C30H41N2O3/c1-30(26-12-5-2-6-13-26,31-18-9-4-10-19-31)29(33)35-28-24-32(21-16-25(28)17-22-32)20-11-23-34-27-14-7-3-8-15-27/h2-3,5-8,12-15,25,28H,4,9-11,16-24H2,1H3/q+1/t25?,28-,30?,32?/m1/s1. The summed E-state index contributed by atoms with van der Waals surface area (Å²) >= 11 is 0. The lowest BCUT2D eigenvalue weighted by atomic mass is 9.82. The molecule has 0 aliphatic carbocycles. The molecule has 4 fully saturated rings. The molecule has 0 spiro atoms. The summed E-state index contributed by atoms with van der Waals surface area (Å²) in [5, 5.41) is 0. The summed E-state index contributed by atoms with van der Waals surface area (Å²) in [4.78, 5) is 16.3. The van der Waals surface area contributed by atoms with Crippen molar-refractivity contribution in [3.05, 3.63) is 66.2 Å². The number of hydrogen-bond acceptors (Lipinski definition) is 4. The summed E-state index contributed by atoms with van der Waals surface area (Å²) in [6.07, 6.45) is 6.89. The van der Waals surface area contributed by atoms with Crippen LogP contribution in [0.5, 0.6) is 5.75 Å². The largest absolute Gasteiger partial charge is 0.493 e. The molecule has 2 atom stereocenters. The highest BCUT2D eigenvalue weighted by Gasteiger charge is 2.50. The van der Waals surface area contributed by atoms with Crippen LogP contribution >= 0.6 is 0 Å². The Morgan fingerprint density at radius 3 is 2.31 bits per heavy atom. The molecule has 4 aliphatic heterocycles. The van der Waals surface area contributed by atoms with Crippen molar-refractivity contribution in [2.24, 2.45) is 5.92 Å². The van der Waals surface area contributed by atoms with E-state index in [-0.39, 0.29) is 12.1 Å². The van der Waals surface area contributed by atoms with E-state index < -0.39 is 5.54 Å². The number of nitrogens with zero attached hydrogens (tertiary/aromatic N) is 2.